The number of anilines is 1. The molecule has 1 amide bonds. The lowest BCUT2D eigenvalue weighted by molar-refractivity contribution is -0.139. The molecular weight excluding hydrogens is 424 g/mol. The van der Waals surface area contributed by atoms with E-state index in [1.54, 1.807) is 5.38 Å². The first-order valence-corrected chi connectivity index (χ1v) is 9.05. The second-order valence-corrected chi connectivity index (χ2v) is 6.87. The summed E-state index contributed by atoms with van der Waals surface area (Å²) < 4.78 is 5.52. The standard InChI is InChI=1S/C15H13BrN6O3S/c1-25-13(24)6-11-8-26-15(17-11)18-12(23)7-22-20-14(19-21-22)9-2-4-10(16)5-3-9/h2-5,8H,6-7H2,1H3,(H,17,18,23). The fourth-order valence-electron chi connectivity index (χ4n) is 1.98. The number of methoxy groups -OCH3 is 1. The Morgan fingerprint density at radius 1 is 1.31 bits per heavy atom. The Morgan fingerprint density at radius 2 is 2.08 bits per heavy atom. The largest absolute Gasteiger partial charge is 0.469 e. The van der Waals surface area contributed by atoms with Crippen LogP contribution in [0.3, 0.4) is 0 Å². The number of nitrogens with zero attached hydrogens (tertiary/aromatic N) is 5. The third-order valence-electron chi connectivity index (χ3n) is 3.19. The number of nitrogens with one attached hydrogen (secondary N) is 1. The quantitative estimate of drug-likeness (QED) is 0.587. The Morgan fingerprint density at radius 3 is 2.81 bits per heavy atom. The van der Waals surface area contributed by atoms with Crippen LogP contribution < -0.4 is 5.32 Å². The van der Waals surface area contributed by atoms with Crippen LogP contribution in [0.1, 0.15) is 5.69 Å². The molecule has 3 rings (SSSR count). The van der Waals surface area contributed by atoms with Gasteiger partial charge in [0.15, 0.2) is 5.13 Å². The molecule has 0 bridgehead atoms. The number of esters is 1. The molecule has 134 valence electrons. The minimum absolute atomic E-state index is 0.0596. The number of rotatable bonds is 6. The number of carbonyl (C=O) groups excluding carboxylic acids is 2. The Bertz CT molecular complexity index is 924. The summed E-state index contributed by atoms with van der Waals surface area (Å²) in [5.41, 5.74) is 1.33. The predicted octanol–water partition coefficient (Wildman–Crippen LogP) is 1.91. The molecule has 9 nitrogen and oxygen atoms in total. The number of hydrogen-bond acceptors (Lipinski definition) is 8. The van der Waals surface area contributed by atoms with Gasteiger partial charge in [-0.3, -0.25) is 9.59 Å². The topological polar surface area (TPSA) is 112 Å². The lowest BCUT2D eigenvalue weighted by atomic mass is 10.2. The van der Waals surface area contributed by atoms with Crippen molar-refractivity contribution in [2.24, 2.45) is 0 Å². The highest BCUT2D eigenvalue weighted by molar-refractivity contribution is 9.10. The fourth-order valence-corrected chi connectivity index (χ4v) is 2.97. The number of carbonyl (C=O) groups is 2. The van der Waals surface area contributed by atoms with E-state index in [4.69, 9.17) is 0 Å². The van der Waals surface area contributed by atoms with E-state index in [1.807, 2.05) is 24.3 Å². The Hall–Kier alpha value is -2.66. The minimum Gasteiger partial charge on any atom is -0.469 e. The Kier molecular flexibility index (Phi) is 5.68. The van der Waals surface area contributed by atoms with Crippen molar-refractivity contribution in [3.05, 3.63) is 39.8 Å². The van der Waals surface area contributed by atoms with Crippen LogP contribution in [0.15, 0.2) is 34.1 Å². The maximum atomic E-state index is 12.1. The maximum Gasteiger partial charge on any atom is 0.311 e. The summed E-state index contributed by atoms with van der Waals surface area (Å²) in [6.45, 7) is -0.102. The molecule has 2 heterocycles. The van der Waals surface area contributed by atoms with Crippen LogP contribution in [0.5, 0.6) is 0 Å². The van der Waals surface area contributed by atoms with Crippen molar-refractivity contribution in [3.8, 4) is 11.4 Å². The molecule has 26 heavy (non-hydrogen) atoms. The van der Waals surface area contributed by atoms with E-state index >= 15 is 0 Å². The summed E-state index contributed by atoms with van der Waals surface area (Å²) in [5.74, 6) is -0.302. The van der Waals surface area contributed by atoms with Crippen molar-refractivity contribution in [1.29, 1.82) is 0 Å². The molecule has 0 spiro atoms. The predicted molar refractivity (Wildman–Crippen MR) is 97.4 cm³/mol. The molecule has 0 unspecified atom stereocenters. The first kappa shape index (κ1) is 18.1. The molecule has 0 aliphatic rings. The zero-order valence-corrected chi connectivity index (χ0v) is 16.0. The zero-order valence-electron chi connectivity index (χ0n) is 13.5. The Balaban J connectivity index is 1.58. The van der Waals surface area contributed by atoms with E-state index in [-0.39, 0.29) is 24.8 Å². The number of thiazole rings is 1. The van der Waals surface area contributed by atoms with Gasteiger partial charge in [0.1, 0.15) is 6.54 Å². The smallest absolute Gasteiger partial charge is 0.311 e. The van der Waals surface area contributed by atoms with Gasteiger partial charge in [-0.05, 0) is 29.5 Å². The first-order chi connectivity index (χ1) is 12.5. The van der Waals surface area contributed by atoms with Gasteiger partial charge in [0, 0.05) is 15.4 Å². The second-order valence-electron chi connectivity index (χ2n) is 5.10. The molecule has 0 aliphatic heterocycles. The van der Waals surface area contributed by atoms with Crippen molar-refractivity contribution < 1.29 is 14.3 Å². The second kappa shape index (κ2) is 8.15. The summed E-state index contributed by atoms with van der Waals surface area (Å²) in [7, 11) is 1.31. The average Bonchev–Trinajstić information content (AvgIpc) is 3.25. The molecule has 3 aromatic rings. The van der Waals surface area contributed by atoms with Crippen LogP contribution in [0.2, 0.25) is 0 Å². The van der Waals surface area contributed by atoms with Crippen LogP contribution in [-0.2, 0) is 27.3 Å². The van der Waals surface area contributed by atoms with Crippen LogP contribution in [0.25, 0.3) is 11.4 Å². The normalized spacial score (nSPS) is 10.5. The molecule has 0 radical (unpaired) electrons. The van der Waals surface area contributed by atoms with Crippen molar-refractivity contribution >= 4 is 44.3 Å². The van der Waals surface area contributed by atoms with Crippen LogP contribution in [0, 0.1) is 0 Å². The van der Waals surface area contributed by atoms with Crippen LogP contribution in [0.4, 0.5) is 5.13 Å². The van der Waals surface area contributed by atoms with E-state index in [1.165, 1.54) is 23.2 Å². The number of tetrazole rings is 1. The van der Waals surface area contributed by atoms with Crippen molar-refractivity contribution in [1.82, 2.24) is 25.2 Å². The van der Waals surface area contributed by atoms with Crippen molar-refractivity contribution in [3.63, 3.8) is 0 Å². The summed E-state index contributed by atoms with van der Waals surface area (Å²) in [5, 5.41) is 16.7. The van der Waals surface area contributed by atoms with E-state index in [0.29, 0.717) is 16.6 Å². The molecule has 1 aromatic carbocycles. The molecule has 0 saturated heterocycles. The number of aromatic nitrogens is 5. The summed E-state index contributed by atoms with van der Waals surface area (Å²) in [6, 6.07) is 7.45. The highest BCUT2D eigenvalue weighted by atomic mass is 79.9. The molecule has 2 aromatic heterocycles. The van der Waals surface area contributed by atoms with Gasteiger partial charge in [-0.15, -0.1) is 21.5 Å². The molecular formula is C15H13BrN6O3S. The van der Waals surface area contributed by atoms with E-state index < -0.39 is 0 Å². The van der Waals surface area contributed by atoms with Gasteiger partial charge in [-0.1, -0.05) is 15.9 Å². The van der Waals surface area contributed by atoms with Crippen molar-refractivity contribution in [2.45, 2.75) is 13.0 Å². The zero-order chi connectivity index (χ0) is 18.5. The van der Waals surface area contributed by atoms with Gasteiger partial charge >= 0.3 is 5.97 Å². The summed E-state index contributed by atoms with van der Waals surface area (Å²) in [4.78, 5) is 28.7. The van der Waals surface area contributed by atoms with Gasteiger partial charge in [0.05, 0.1) is 19.2 Å². The van der Waals surface area contributed by atoms with E-state index in [9.17, 15) is 9.59 Å². The number of hydrogen-bond donors (Lipinski definition) is 1. The summed E-state index contributed by atoms with van der Waals surface area (Å²) in [6.07, 6.45) is 0.0596. The van der Waals surface area contributed by atoms with Gasteiger partial charge in [0.25, 0.3) is 0 Å². The van der Waals surface area contributed by atoms with Gasteiger partial charge < -0.3 is 10.1 Å². The third kappa shape index (κ3) is 4.70. The number of halogens is 1. The monoisotopic (exact) mass is 436 g/mol. The number of benzene rings is 1. The summed E-state index contributed by atoms with van der Waals surface area (Å²) >= 11 is 4.58. The molecule has 0 saturated carbocycles. The molecule has 11 heteroatoms. The van der Waals surface area contributed by atoms with Gasteiger partial charge in [0.2, 0.25) is 11.7 Å². The lowest BCUT2D eigenvalue weighted by Crippen LogP contribution is -2.20. The van der Waals surface area contributed by atoms with E-state index in [2.05, 4.69) is 46.4 Å². The molecule has 0 fully saturated rings. The number of amides is 1. The van der Waals surface area contributed by atoms with Gasteiger partial charge in [-0.2, -0.15) is 4.80 Å². The molecule has 0 atom stereocenters. The minimum atomic E-state index is -0.388. The van der Waals surface area contributed by atoms with Crippen molar-refractivity contribution in [2.75, 3.05) is 12.4 Å². The fraction of sp³-hybridized carbons (Fsp3) is 0.200. The lowest BCUT2D eigenvalue weighted by Gasteiger charge is -2.00. The van der Waals surface area contributed by atoms with E-state index in [0.717, 1.165) is 10.0 Å². The maximum absolute atomic E-state index is 12.1. The molecule has 0 aliphatic carbocycles. The molecule has 1 N–H and O–H groups in total. The average molecular weight is 437 g/mol. The Labute approximate surface area is 160 Å². The van der Waals surface area contributed by atoms with Crippen LogP contribution in [-0.4, -0.2) is 44.2 Å². The first-order valence-electron chi connectivity index (χ1n) is 7.38. The SMILES string of the molecule is COC(=O)Cc1csc(NC(=O)Cn2nnc(-c3ccc(Br)cc3)n2)n1. The van der Waals surface area contributed by atoms with Crippen LogP contribution >= 0.6 is 27.3 Å². The highest BCUT2D eigenvalue weighted by Crippen LogP contribution is 2.18. The highest BCUT2D eigenvalue weighted by Gasteiger charge is 2.12. The van der Waals surface area contributed by atoms with Gasteiger partial charge in [-0.25, -0.2) is 4.98 Å². The third-order valence-corrected chi connectivity index (χ3v) is 4.53. The number of ether oxygens (including phenoxy) is 1.